The van der Waals surface area contributed by atoms with Gasteiger partial charge in [0.2, 0.25) is 0 Å². The zero-order chi connectivity index (χ0) is 28.7. The molecule has 1 aromatic carbocycles. The number of phenols is 1. The highest BCUT2D eigenvalue weighted by Gasteiger charge is 2.30. The number of phenolic OH excluding ortho intramolecular Hbond substituents is 1. The summed E-state index contributed by atoms with van der Waals surface area (Å²) in [5.74, 6) is 0.344. The summed E-state index contributed by atoms with van der Waals surface area (Å²) in [7, 11) is -3.31. The van der Waals surface area contributed by atoms with Crippen molar-refractivity contribution in [3.63, 3.8) is 0 Å². The molecule has 1 aromatic rings. The molecule has 5 heteroatoms. The predicted octanol–water partition coefficient (Wildman–Crippen LogP) is 11.2. The number of aromatic hydroxyl groups is 1. The van der Waals surface area contributed by atoms with E-state index in [1.807, 2.05) is 12.1 Å². The molecular weight excluding hydrogens is 491 g/mol. The lowest BCUT2D eigenvalue weighted by atomic mass is 9.78. The maximum Gasteiger partial charge on any atom is 0.335 e. The van der Waals surface area contributed by atoms with Crippen LogP contribution >= 0.6 is 7.60 Å². The number of unbranched alkanes of at least 4 members (excludes halogenated alkanes) is 12. The van der Waals surface area contributed by atoms with E-state index in [1.165, 1.54) is 64.2 Å². The van der Waals surface area contributed by atoms with Gasteiger partial charge in [0.05, 0.1) is 19.4 Å². The number of rotatable bonds is 20. The van der Waals surface area contributed by atoms with Gasteiger partial charge in [-0.05, 0) is 40.4 Å². The molecule has 0 spiro atoms. The Kier molecular flexibility index (Phi) is 16.5. The summed E-state index contributed by atoms with van der Waals surface area (Å²) in [5, 5.41) is 11.1. The van der Waals surface area contributed by atoms with Gasteiger partial charge in [-0.3, -0.25) is 4.57 Å². The monoisotopic (exact) mass is 552 g/mol. The Morgan fingerprint density at radius 2 is 0.974 bits per heavy atom. The van der Waals surface area contributed by atoms with Crippen LogP contribution in [0.15, 0.2) is 12.1 Å². The second-order valence-electron chi connectivity index (χ2n) is 13.2. The zero-order valence-electron chi connectivity index (χ0n) is 26.3. The third-order valence-electron chi connectivity index (χ3n) is 7.23. The van der Waals surface area contributed by atoms with E-state index in [1.54, 1.807) is 0 Å². The van der Waals surface area contributed by atoms with Gasteiger partial charge in [-0.15, -0.1) is 0 Å². The van der Waals surface area contributed by atoms with Crippen LogP contribution in [0, 0.1) is 0 Å². The van der Waals surface area contributed by atoms with E-state index in [2.05, 4.69) is 55.4 Å². The molecule has 0 aliphatic heterocycles. The van der Waals surface area contributed by atoms with E-state index < -0.39 is 7.60 Å². The number of hydrogen-bond acceptors (Lipinski definition) is 4. The van der Waals surface area contributed by atoms with Gasteiger partial charge in [0, 0.05) is 0 Å². The molecule has 1 N–H and O–H groups in total. The SMILES string of the molecule is CCCCCCCCCOP(=O)(Cc1cc(C(C)(C)C)c(O)c(C(C)(C)C)c1)OCCCCCCCCC. The van der Waals surface area contributed by atoms with Gasteiger partial charge in [-0.2, -0.15) is 0 Å². The predicted molar refractivity (Wildman–Crippen MR) is 165 cm³/mol. The van der Waals surface area contributed by atoms with Crippen molar-refractivity contribution in [3.05, 3.63) is 28.8 Å². The average Bonchev–Trinajstić information content (AvgIpc) is 2.82. The van der Waals surface area contributed by atoms with Crippen LogP contribution in [0.3, 0.4) is 0 Å². The normalized spacial score (nSPS) is 12.8. The minimum Gasteiger partial charge on any atom is -0.507 e. The topological polar surface area (TPSA) is 55.8 Å². The van der Waals surface area contributed by atoms with Crippen LogP contribution in [0.5, 0.6) is 5.75 Å². The fourth-order valence-electron chi connectivity index (χ4n) is 4.81. The molecule has 1 rings (SSSR count). The number of benzene rings is 1. The van der Waals surface area contributed by atoms with Gasteiger partial charge in [0.1, 0.15) is 5.75 Å². The Labute approximate surface area is 236 Å². The summed E-state index contributed by atoms with van der Waals surface area (Å²) in [4.78, 5) is 0. The average molecular weight is 553 g/mol. The van der Waals surface area contributed by atoms with Crippen LogP contribution < -0.4 is 0 Å². The second-order valence-corrected chi connectivity index (χ2v) is 15.3. The lowest BCUT2D eigenvalue weighted by molar-refractivity contribution is 0.196. The summed E-state index contributed by atoms with van der Waals surface area (Å²) in [6.45, 7) is 18.0. The second kappa shape index (κ2) is 17.8. The molecule has 0 aliphatic rings. The Bertz CT molecular complexity index is 760. The van der Waals surface area contributed by atoms with E-state index >= 15 is 0 Å². The standard InChI is InChI=1S/C33H61O4P/c1-9-11-13-15-17-19-21-23-36-38(35,37-24-22-20-18-16-14-12-10-2)27-28-25-29(32(3,4)5)31(34)30(26-28)33(6,7)8/h25-26,34H,9-24,27H2,1-8H3. The van der Waals surface area contributed by atoms with Crippen molar-refractivity contribution in [2.24, 2.45) is 0 Å². The summed E-state index contributed by atoms with van der Waals surface area (Å²) in [5.41, 5.74) is 2.21. The summed E-state index contributed by atoms with van der Waals surface area (Å²) in [6, 6.07) is 4.01. The first-order valence-corrected chi connectivity index (χ1v) is 17.3. The molecule has 0 bridgehead atoms. The van der Waals surface area contributed by atoms with Gasteiger partial charge in [-0.25, -0.2) is 0 Å². The largest absolute Gasteiger partial charge is 0.507 e. The van der Waals surface area contributed by atoms with Gasteiger partial charge in [-0.1, -0.05) is 145 Å². The fourth-order valence-corrected chi connectivity index (χ4v) is 6.51. The summed E-state index contributed by atoms with van der Waals surface area (Å²) in [6.07, 6.45) is 16.9. The minimum absolute atomic E-state index is 0.235. The van der Waals surface area contributed by atoms with Crippen molar-refractivity contribution in [3.8, 4) is 5.75 Å². The highest BCUT2D eigenvalue weighted by Crippen LogP contribution is 2.53. The quantitative estimate of drug-likeness (QED) is 0.129. The molecule has 0 aromatic heterocycles. The fraction of sp³-hybridized carbons (Fsp3) is 0.818. The van der Waals surface area contributed by atoms with Crippen LogP contribution in [-0.4, -0.2) is 18.3 Å². The van der Waals surface area contributed by atoms with E-state index in [0.717, 1.165) is 42.4 Å². The molecule has 0 amide bonds. The molecule has 38 heavy (non-hydrogen) atoms. The molecule has 0 heterocycles. The van der Waals surface area contributed by atoms with Gasteiger partial charge in [0.15, 0.2) is 0 Å². The van der Waals surface area contributed by atoms with Crippen molar-refractivity contribution >= 4 is 7.60 Å². The lowest BCUT2D eigenvalue weighted by Gasteiger charge is -2.29. The Morgan fingerprint density at radius 1 is 0.632 bits per heavy atom. The number of hydrogen-bond donors (Lipinski definition) is 1. The molecule has 0 atom stereocenters. The van der Waals surface area contributed by atoms with Crippen LogP contribution in [-0.2, 0) is 30.6 Å². The van der Waals surface area contributed by atoms with E-state index in [0.29, 0.717) is 19.0 Å². The minimum atomic E-state index is -3.31. The Morgan fingerprint density at radius 3 is 1.32 bits per heavy atom. The molecule has 0 radical (unpaired) electrons. The highest BCUT2D eigenvalue weighted by atomic mass is 31.2. The first-order chi connectivity index (χ1) is 17.8. The first kappa shape index (κ1) is 35.2. The smallest absolute Gasteiger partial charge is 0.335 e. The third kappa shape index (κ3) is 14.0. The lowest BCUT2D eigenvalue weighted by Crippen LogP contribution is -2.18. The summed E-state index contributed by atoms with van der Waals surface area (Å²) >= 11 is 0. The van der Waals surface area contributed by atoms with Crippen LogP contribution in [0.2, 0.25) is 0 Å². The van der Waals surface area contributed by atoms with Crippen LogP contribution in [0.1, 0.15) is 162 Å². The first-order valence-electron chi connectivity index (χ1n) is 15.6. The molecule has 0 aliphatic carbocycles. The van der Waals surface area contributed by atoms with Gasteiger partial charge in [0.25, 0.3) is 0 Å². The van der Waals surface area contributed by atoms with E-state index in [4.69, 9.17) is 9.05 Å². The molecule has 0 fully saturated rings. The van der Waals surface area contributed by atoms with Crippen LogP contribution in [0.4, 0.5) is 0 Å². The summed E-state index contributed by atoms with van der Waals surface area (Å²) < 4.78 is 26.2. The molecule has 222 valence electrons. The van der Waals surface area contributed by atoms with Crippen molar-refractivity contribution in [1.82, 2.24) is 0 Å². The third-order valence-corrected chi connectivity index (χ3v) is 9.14. The van der Waals surface area contributed by atoms with E-state index in [9.17, 15) is 9.67 Å². The highest BCUT2D eigenvalue weighted by molar-refractivity contribution is 7.53. The molecule has 0 saturated carbocycles. The van der Waals surface area contributed by atoms with Gasteiger partial charge >= 0.3 is 7.60 Å². The van der Waals surface area contributed by atoms with Crippen LogP contribution in [0.25, 0.3) is 0 Å². The Hall–Kier alpha value is -0.830. The van der Waals surface area contributed by atoms with Crippen molar-refractivity contribution in [1.29, 1.82) is 0 Å². The van der Waals surface area contributed by atoms with E-state index in [-0.39, 0.29) is 17.0 Å². The van der Waals surface area contributed by atoms with Crippen molar-refractivity contribution < 1.29 is 18.7 Å². The molecule has 0 saturated heterocycles. The van der Waals surface area contributed by atoms with Crippen molar-refractivity contribution in [2.75, 3.05) is 13.2 Å². The maximum absolute atomic E-state index is 14.0. The molecular formula is C33H61O4P. The molecule has 4 nitrogen and oxygen atoms in total. The van der Waals surface area contributed by atoms with Gasteiger partial charge < -0.3 is 14.2 Å². The Balaban J connectivity index is 2.94. The zero-order valence-corrected chi connectivity index (χ0v) is 27.2. The molecule has 0 unspecified atom stereocenters. The van der Waals surface area contributed by atoms with Crippen molar-refractivity contribution in [2.45, 2.75) is 162 Å². The maximum atomic E-state index is 14.0.